The lowest BCUT2D eigenvalue weighted by molar-refractivity contribution is -0.236. The summed E-state index contributed by atoms with van der Waals surface area (Å²) < 4.78 is 23.3. The monoisotopic (exact) mass is 344 g/mol. The zero-order valence-electron chi connectivity index (χ0n) is 15.7. The Morgan fingerprint density at radius 3 is 2.08 bits per heavy atom. The van der Waals surface area contributed by atoms with E-state index < -0.39 is 12.1 Å². The molecule has 1 N–H and O–H groups in total. The summed E-state index contributed by atoms with van der Waals surface area (Å²) >= 11 is 0. The molecule has 5 nitrogen and oxygen atoms in total. The van der Waals surface area contributed by atoms with Crippen molar-refractivity contribution < 1.29 is 24.1 Å². The summed E-state index contributed by atoms with van der Waals surface area (Å²) in [5.74, 6) is -0.633. The average molecular weight is 344 g/mol. The Kier molecular flexibility index (Phi) is 8.44. The molecule has 0 aliphatic carbocycles. The second-order valence-corrected chi connectivity index (χ2v) is 7.49. The van der Waals surface area contributed by atoms with Gasteiger partial charge in [0.15, 0.2) is 12.1 Å². The third-order valence-electron chi connectivity index (χ3n) is 4.82. The minimum atomic E-state index is -0.633. The van der Waals surface area contributed by atoms with E-state index >= 15 is 0 Å². The van der Waals surface area contributed by atoms with Crippen LogP contribution in [0.15, 0.2) is 0 Å². The van der Waals surface area contributed by atoms with Gasteiger partial charge in [-0.05, 0) is 20.3 Å². The number of aliphatic hydroxyl groups is 1. The second kappa shape index (κ2) is 10.1. The highest BCUT2D eigenvalue weighted by atomic mass is 16.8. The molecule has 0 amide bonds. The van der Waals surface area contributed by atoms with Crippen LogP contribution in [0.5, 0.6) is 0 Å². The number of hydrogen-bond donors (Lipinski definition) is 1. The number of hydrogen-bond acceptors (Lipinski definition) is 5. The first-order valence-electron chi connectivity index (χ1n) is 9.81. The molecule has 2 saturated heterocycles. The fourth-order valence-corrected chi connectivity index (χ4v) is 3.54. The molecule has 0 aromatic carbocycles. The van der Waals surface area contributed by atoms with Gasteiger partial charge in [0, 0.05) is 6.61 Å². The Bertz CT molecular complexity index is 347. The highest BCUT2D eigenvalue weighted by Crippen LogP contribution is 2.38. The number of aliphatic hydroxyl groups excluding tert-OH is 1. The fourth-order valence-electron chi connectivity index (χ4n) is 3.54. The highest BCUT2D eigenvalue weighted by Gasteiger charge is 2.55. The standard InChI is InChI=1S/C19H36O5/c1-4-5-6-7-8-9-10-11-12-13-21-18-17-16(15(14-20)22-18)23-19(2,3)24-17/h15-18,20H,4-14H2,1-3H3/t15-,16+,17+,18?/m1/s1. The van der Waals surface area contributed by atoms with Gasteiger partial charge in [0.25, 0.3) is 0 Å². The molecule has 2 aliphatic heterocycles. The molecule has 142 valence electrons. The van der Waals surface area contributed by atoms with Gasteiger partial charge in [-0.3, -0.25) is 0 Å². The molecule has 2 rings (SSSR count). The lowest BCUT2D eigenvalue weighted by Crippen LogP contribution is -2.32. The molecule has 5 heteroatoms. The Morgan fingerprint density at radius 1 is 0.875 bits per heavy atom. The van der Waals surface area contributed by atoms with E-state index in [2.05, 4.69) is 6.92 Å². The van der Waals surface area contributed by atoms with Gasteiger partial charge in [-0.15, -0.1) is 0 Å². The first kappa shape index (κ1) is 20.1. The van der Waals surface area contributed by atoms with Crippen LogP contribution in [-0.2, 0) is 18.9 Å². The van der Waals surface area contributed by atoms with Crippen LogP contribution in [0.3, 0.4) is 0 Å². The third kappa shape index (κ3) is 5.95. The number of ether oxygens (including phenoxy) is 4. The molecule has 2 aliphatic rings. The van der Waals surface area contributed by atoms with Crippen LogP contribution in [0.2, 0.25) is 0 Å². The van der Waals surface area contributed by atoms with Crippen molar-refractivity contribution in [3.8, 4) is 0 Å². The van der Waals surface area contributed by atoms with E-state index in [9.17, 15) is 5.11 Å². The molecule has 0 aromatic rings. The van der Waals surface area contributed by atoms with Crippen molar-refractivity contribution in [2.45, 2.75) is 109 Å². The lowest BCUT2D eigenvalue weighted by atomic mass is 10.1. The summed E-state index contributed by atoms with van der Waals surface area (Å²) in [4.78, 5) is 0. The van der Waals surface area contributed by atoms with Gasteiger partial charge < -0.3 is 24.1 Å². The largest absolute Gasteiger partial charge is 0.394 e. The van der Waals surface area contributed by atoms with Crippen LogP contribution in [0.25, 0.3) is 0 Å². The molecule has 0 bridgehead atoms. The molecule has 2 fully saturated rings. The maximum atomic E-state index is 9.43. The van der Waals surface area contributed by atoms with Gasteiger partial charge in [-0.2, -0.15) is 0 Å². The van der Waals surface area contributed by atoms with E-state index in [-0.39, 0.29) is 24.9 Å². The molecule has 24 heavy (non-hydrogen) atoms. The van der Waals surface area contributed by atoms with E-state index in [4.69, 9.17) is 18.9 Å². The number of unbranched alkanes of at least 4 members (excludes halogenated alkanes) is 8. The molecule has 1 unspecified atom stereocenters. The van der Waals surface area contributed by atoms with E-state index in [0.717, 1.165) is 6.42 Å². The summed E-state index contributed by atoms with van der Waals surface area (Å²) in [5.41, 5.74) is 0. The van der Waals surface area contributed by atoms with Crippen molar-refractivity contribution >= 4 is 0 Å². The fraction of sp³-hybridized carbons (Fsp3) is 1.00. The van der Waals surface area contributed by atoms with E-state index in [0.29, 0.717) is 6.61 Å². The van der Waals surface area contributed by atoms with Crippen LogP contribution in [0.1, 0.15) is 78.6 Å². The zero-order chi connectivity index (χ0) is 17.4. The molecule has 4 atom stereocenters. The topological polar surface area (TPSA) is 57.2 Å². The molecule has 0 radical (unpaired) electrons. The predicted octanol–water partition coefficient (Wildman–Crippen LogP) is 3.77. The van der Waals surface area contributed by atoms with Crippen molar-refractivity contribution in [2.75, 3.05) is 13.2 Å². The second-order valence-electron chi connectivity index (χ2n) is 7.49. The molecule has 0 aromatic heterocycles. The van der Waals surface area contributed by atoms with E-state index in [1.165, 1.54) is 51.4 Å². The number of fused-ring (bicyclic) bond motifs is 1. The van der Waals surface area contributed by atoms with Gasteiger partial charge in [0.05, 0.1) is 6.61 Å². The van der Waals surface area contributed by atoms with Gasteiger partial charge in [-0.1, -0.05) is 58.3 Å². The molecule has 0 spiro atoms. The molecule has 0 saturated carbocycles. The maximum Gasteiger partial charge on any atom is 0.187 e. The van der Waals surface area contributed by atoms with Crippen LogP contribution in [-0.4, -0.2) is 48.7 Å². The van der Waals surface area contributed by atoms with Crippen LogP contribution >= 0.6 is 0 Å². The first-order valence-corrected chi connectivity index (χ1v) is 9.81. The molecule has 2 heterocycles. The summed E-state index contributed by atoms with van der Waals surface area (Å²) in [6.07, 6.45) is 10.4. The van der Waals surface area contributed by atoms with Gasteiger partial charge in [0.2, 0.25) is 0 Å². The Morgan fingerprint density at radius 2 is 1.46 bits per heavy atom. The van der Waals surface area contributed by atoms with Crippen LogP contribution < -0.4 is 0 Å². The maximum absolute atomic E-state index is 9.43. The Labute approximate surface area is 147 Å². The van der Waals surface area contributed by atoms with E-state index in [1.807, 2.05) is 13.8 Å². The summed E-state index contributed by atoms with van der Waals surface area (Å²) in [6, 6.07) is 0. The highest BCUT2D eigenvalue weighted by molar-refractivity contribution is 4.94. The normalized spacial score (nSPS) is 31.5. The van der Waals surface area contributed by atoms with Gasteiger partial charge in [-0.25, -0.2) is 0 Å². The smallest absolute Gasteiger partial charge is 0.187 e. The Balaban J connectivity index is 1.54. The van der Waals surface area contributed by atoms with Gasteiger partial charge in [0.1, 0.15) is 18.3 Å². The first-order chi connectivity index (χ1) is 11.6. The van der Waals surface area contributed by atoms with Crippen molar-refractivity contribution in [2.24, 2.45) is 0 Å². The number of rotatable bonds is 12. The van der Waals surface area contributed by atoms with Crippen molar-refractivity contribution in [3.63, 3.8) is 0 Å². The van der Waals surface area contributed by atoms with Crippen LogP contribution in [0.4, 0.5) is 0 Å². The van der Waals surface area contributed by atoms with E-state index in [1.54, 1.807) is 0 Å². The van der Waals surface area contributed by atoms with Crippen molar-refractivity contribution in [1.29, 1.82) is 0 Å². The minimum Gasteiger partial charge on any atom is -0.394 e. The predicted molar refractivity (Wildman–Crippen MR) is 92.8 cm³/mol. The minimum absolute atomic E-state index is 0.0709. The molecular formula is C19H36O5. The third-order valence-corrected chi connectivity index (χ3v) is 4.82. The summed E-state index contributed by atoms with van der Waals surface area (Å²) in [6.45, 7) is 6.63. The summed E-state index contributed by atoms with van der Waals surface area (Å²) in [7, 11) is 0. The average Bonchev–Trinajstić information content (AvgIpc) is 3.02. The summed E-state index contributed by atoms with van der Waals surface area (Å²) in [5, 5.41) is 9.43. The van der Waals surface area contributed by atoms with Crippen molar-refractivity contribution in [1.82, 2.24) is 0 Å². The Hall–Kier alpha value is -0.200. The lowest BCUT2D eigenvalue weighted by Gasteiger charge is -2.23. The zero-order valence-corrected chi connectivity index (χ0v) is 15.7. The molecular weight excluding hydrogens is 308 g/mol. The van der Waals surface area contributed by atoms with Crippen LogP contribution in [0, 0.1) is 0 Å². The quantitative estimate of drug-likeness (QED) is 0.546. The van der Waals surface area contributed by atoms with Crippen molar-refractivity contribution in [3.05, 3.63) is 0 Å². The SMILES string of the molecule is CCCCCCCCCCCOC1O[C@H](CO)[C@@H]2OC(C)(C)O[C@H]12. The van der Waals surface area contributed by atoms with Gasteiger partial charge >= 0.3 is 0 Å².